The van der Waals surface area contributed by atoms with E-state index in [1.807, 2.05) is 50.0 Å². The largest absolute Gasteiger partial charge is 0.497 e. The van der Waals surface area contributed by atoms with Crippen LogP contribution in [0.25, 0.3) is 10.9 Å². The molecule has 3 aromatic rings. The number of rotatable bonds is 6. The van der Waals surface area contributed by atoms with E-state index < -0.39 is 0 Å². The van der Waals surface area contributed by atoms with Crippen LogP contribution in [0.3, 0.4) is 0 Å². The monoisotopic (exact) mass is 371 g/mol. The number of aryl methyl sites for hydroxylation is 2. The highest BCUT2D eigenvalue weighted by molar-refractivity contribution is 7.10. The molecule has 6 heteroatoms. The lowest BCUT2D eigenvalue weighted by Crippen LogP contribution is -2.35. The van der Waals surface area contributed by atoms with Crippen molar-refractivity contribution < 1.29 is 9.53 Å². The molecule has 1 amide bonds. The molecule has 0 aliphatic carbocycles. The first-order valence-electron chi connectivity index (χ1n) is 8.54. The molecule has 0 aliphatic rings. The van der Waals surface area contributed by atoms with Gasteiger partial charge >= 0.3 is 0 Å². The average Bonchev–Trinajstić information content (AvgIpc) is 3.18. The second-order valence-electron chi connectivity index (χ2n) is 6.67. The second kappa shape index (κ2) is 7.51. The summed E-state index contributed by atoms with van der Waals surface area (Å²) in [7, 11) is 7.63. The van der Waals surface area contributed by atoms with Crippen LogP contribution in [0.4, 0.5) is 0 Å². The third-order valence-electron chi connectivity index (χ3n) is 4.77. The normalized spacial score (nSPS) is 12.5. The zero-order valence-corrected chi connectivity index (χ0v) is 16.7. The van der Waals surface area contributed by atoms with Gasteiger partial charge in [-0.15, -0.1) is 11.3 Å². The van der Waals surface area contributed by atoms with E-state index in [1.165, 1.54) is 10.4 Å². The van der Waals surface area contributed by atoms with Gasteiger partial charge < -0.3 is 19.5 Å². The fourth-order valence-electron chi connectivity index (χ4n) is 3.17. The number of carbonyl (C=O) groups excluding carboxylic acids is 1. The molecule has 0 fully saturated rings. The van der Waals surface area contributed by atoms with Gasteiger partial charge in [-0.3, -0.25) is 4.79 Å². The smallest absolute Gasteiger partial charge is 0.267 e. The van der Waals surface area contributed by atoms with Gasteiger partial charge in [-0.05, 0) is 56.2 Å². The van der Waals surface area contributed by atoms with E-state index >= 15 is 0 Å². The van der Waals surface area contributed by atoms with Crippen molar-refractivity contribution in [2.24, 2.45) is 7.05 Å². The maximum absolute atomic E-state index is 12.8. The summed E-state index contributed by atoms with van der Waals surface area (Å²) in [4.78, 5) is 16.2. The molecule has 2 aromatic heterocycles. The summed E-state index contributed by atoms with van der Waals surface area (Å²) in [6, 6.07) is 10.0. The fourth-order valence-corrected chi connectivity index (χ4v) is 4.29. The van der Waals surface area contributed by atoms with Gasteiger partial charge in [0.1, 0.15) is 11.4 Å². The zero-order chi connectivity index (χ0) is 18.8. The average molecular weight is 372 g/mol. The Morgan fingerprint density at radius 2 is 2.08 bits per heavy atom. The van der Waals surface area contributed by atoms with Crippen molar-refractivity contribution in [2.75, 3.05) is 27.7 Å². The molecule has 0 saturated heterocycles. The molecule has 1 N–H and O–H groups in total. The number of ether oxygens (including phenoxy) is 1. The van der Waals surface area contributed by atoms with Crippen LogP contribution in [-0.2, 0) is 7.05 Å². The number of carbonyl (C=O) groups is 1. The summed E-state index contributed by atoms with van der Waals surface area (Å²) >= 11 is 1.73. The van der Waals surface area contributed by atoms with Crippen LogP contribution in [0.1, 0.15) is 27.0 Å². The van der Waals surface area contributed by atoms with E-state index in [0.717, 1.165) is 16.7 Å². The van der Waals surface area contributed by atoms with Gasteiger partial charge in [-0.2, -0.15) is 0 Å². The number of nitrogens with one attached hydrogen (secondary N) is 1. The predicted molar refractivity (Wildman–Crippen MR) is 107 cm³/mol. The second-order valence-corrected chi connectivity index (χ2v) is 7.62. The highest BCUT2D eigenvalue weighted by atomic mass is 32.1. The highest BCUT2D eigenvalue weighted by Crippen LogP contribution is 2.27. The van der Waals surface area contributed by atoms with Crippen molar-refractivity contribution in [3.63, 3.8) is 0 Å². The number of benzene rings is 1. The predicted octanol–water partition coefficient (Wildman–Crippen LogP) is 3.59. The SMILES string of the molecule is COc1ccc2cc(C(=O)NC[C@@H](c3sccc3C)N(C)C)n(C)c2c1. The number of nitrogens with zero attached hydrogens (tertiary/aromatic N) is 2. The number of fused-ring (bicyclic) bond motifs is 1. The van der Waals surface area contributed by atoms with Crippen molar-refractivity contribution >= 4 is 28.1 Å². The van der Waals surface area contributed by atoms with E-state index in [0.29, 0.717) is 12.2 Å². The maximum atomic E-state index is 12.8. The first-order chi connectivity index (χ1) is 12.4. The summed E-state index contributed by atoms with van der Waals surface area (Å²) in [5.41, 5.74) is 2.89. The minimum absolute atomic E-state index is 0.0660. The summed E-state index contributed by atoms with van der Waals surface area (Å²) in [6.45, 7) is 2.68. The van der Waals surface area contributed by atoms with Crippen molar-refractivity contribution in [3.05, 3.63) is 51.8 Å². The van der Waals surface area contributed by atoms with Gasteiger partial charge in [0.15, 0.2) is 0 Å². The van der Waals surface area contributed by atoms with E-state index in [9.17, 15) is 4.79 Å². The summed E-state index contributed by atoms with van der Waals surface area (Å²) in [5, 5.41) is 6.22. The molecular weight excluding hydrogens is 346 g/mol. The number of aromatic nitrogens is 1. The van der Waals surface area contributed by atoms with Gasteiger partial charge in [0.2, 0.25) is 0 Å². The lowest BCUT2D eigenvalue weighted by Gasteiger charge is -2.24. The Hall–Kier alpha value is -2.31. The van der Waals surface area contributed by atoms with Crippen LogP contribution in [0.15, 0.2) is 35.7 Å². The topological polar surface area (TPSA) is 46.5 Å². The Morgan fingerprint density at radius 1 is 1.31 bits per heavy atom. The van der Waals surface area contributed by atoms with Crippen molar-refractivity contribution in [1.29, 1.82) is 0 Å². The molecule has 1 atom stereocenters. The molecule has 138 valence electrons. The van der Waals surface area contributed by atoms with Crippen LogP contribution in [0.5, 0.6) is 5.75 Å². The first-order valence-corrected chi connectivity index (χ1v) is 9.42. The minimum atomic E-state index is -0.0660. The van der Waals surface area contributed by atoms with Gasteiger partial charge in [0.05, 0.1) is 18.7 Å². The van der Waals surface area contributed by atoms with Crippen molar-refractivity contribution in [1.82, 2.24) is 14.8 Å². The molecule has 0 saturated carbocycles. The van der Waals surface area contributed by atoms with Crippen LogP contribution in [-0.4, -0.2) is 43.1 Å². The van der Waals surface area contributed by atoms with Gasteiger partial charge in [0, 0.05) is 29.9 Å². The van der Waals surface area contributed by atoms with Crippen LogP contribution < -0.4 is 10.1 Å². The van der Waals surface area contributed by atoms with Crippen molar-refractivity contribution in [2.45, 2.75) is 13.0 Å². The third kappa shape index (κ3) is 3.48. The Labute approximate surface area is 158 Å². The molecule has 0 radical (unpaired) electrons. The summed E-state index contributed by atoms with van der Waals surface area (Å²) in [5.74, 6) is 0.718. The van der Waals surface area contributed by atoms with Crippen LogP contribution in [0.2, 0.25) is 0 Å². The Bertz CT molecular complexity index is 926. The number of methoxy groups -OCH3 is 1. The molecule has 1 aromatic carbocycles. The van der Waals surface area contributed by atoms with E-state index in [2.05, 4.69) is 28.6 Å². The van der Waals surface area contributed by atoms with Crippen LogP contribution in [0, 0.1) is 6.92 Å². The Kier molecular flexibility index (Phi) is 5.34. The lowest BCUT2D eigenvalue weighted by atomic mass is 10.1. The Balaban J connectivity index is 1.80. The number of hydrogen-bond donors (Lipinski definition) is 1. The number of likely N-dealkylation sites (N-methyl/N-ethyl adjacent to an activating group) is 1. The fraction of sp³-hybridized carbons (Fsp3) is 0.350. The molecule has 0 bridgehead atoms. The summed E-state index contributed by atoms with van der Waals surface area (Å²) < 4.78 is 7.20. The number of amides is 1. The highest BCUT2D eigenvalue weighted by Gasteiger charge is 2.20. The zero-order valence-electron chi connectivity index (χ0n) is 15.9. The van der Waals surface area contributed by atoms with E-state index in [-0.39, 0.29) is 11.9 Å². The molecule has 5 nitrogen and oxygen atoms in total. The third-order valence-corrected chi connectivity index (χ3v) is 5.89. The quantitative estimate of drug-likeness (QED) is 0.720. The summed E-state index contributed by atoms with van der Waals surface area (Å²) in [6.07, 6.45) is 0. The molecule has 2 heterocycles. The van der Waals surface area contributed by atoms with Crippen LogP contribution >= 0.6 is 11.3 Å². The standard InChI is InChI=1S/C20H25N3O2S/c1-13-8-9-26-19(13)18(22(2)3)12-21-20(24)17-10-14-6-7-15(25-5)11-16(14)23(17)4/h6-11,18H,12H2,1-5H3,(H,21,24)/t18-/m0/s1. The van der Waals surface area contributed by atoms with Crippen molar-refractivity contribution in [3.8, 4) is 5.75 Å². The lowest BCUT2D eigenvalue weighted by molar-refractivity contribution is 0.0934. The van der Waals surface area contributed by atoms with Gasteiger partial charge in [-0.25, -0.2) is 0 Å². The minimum Gasteiger partial charge on any atom is -0.497 e. The first kappa shape index (κ1) is 18.5. The molecule has 0 spiro atoms. The van der Waals surface area contributed by atoms with E-state index in [1.54, 1.807) is 18.4 Å². The molecular formula is C20H25N3O2S. The van der Waals surface area contributed by atoms with E-state index in [4.69, 9.17) is 4.74 Å². The van der Waals surface area contributed by atoms with Gasteiger partial charge in [0.25, 0.3) is 5.91 Å². The maximum Gasteiger partial charge on any atom is 0.267 e. The molecule has 26 heavy (non-hydrogen) atoms. The van der Waals surface area contributed by atoms with Gasteiger partial charge in [-0.1, -0.05) is 0 Å². The number of thiophene rings is 1. The Morgan fingerprint density at radius 3 is 2.69 bits per heavy atom. The molecule has 3 rings (SSSR count). The number of hydrogen-bond acceptors (Lipinski definition) is 4. The molecule has 0 unspecified atom stereocenters. The molecule has 0 aliphatic heterocycles.